The zero-order valence-corrected chi connectivity index (χ0v) is 17.4. The molecule has 1 atom stereocenters. The van der Waals surface area contributed by atoms with E-state index in [0.29, 0.717) is 18.8 Å². The van der Waals surface area contributed by atoms with Gasteiger partial charge in [0.25, 0.3) is 5.91 Å². The van der Waals surface area contributed by atoms with Crippen LogP contribution in [-0.2, 0) is 0 Å². The Balaban J connectivity index is 0.00000240. The summed E-state index contributed by atoms with van der Waals surface area (Å²) in [5.41, 5.74) is 3.23. The van der Waals surface area contributed by atoms with E-state index in [0.717, 1.165) is 29.2 Å². The molecular weight excluding hydrogens is 388 g/mol. The number of hydrogen-bond acceptors (Lipinski definition) is 4. The minimum atomic E-state index is -0.0298. The maximum absolute atomic E-state index is 13.1. The van der Waals surface area contributed by atoms with Crippen LogP contribution in [0.2, 0.25) is 0 Å². The Kier molecular flexibility index (Phi) is 6.56. The highest BCUT2D eigenvalue weighted by Gasteiger charge is 2.25. The summed E-state index contributed by atoms with van der Waals surface area (Å²) in [7, 11) is 1.65. The molecule has 1 aromatic heterocycles. The summed E-state index contributed by atoms with van der Waals surface area (Å²) in [4.78, 5) is 14.9. The second-order valence-electron chi connectivity index (χ2n) is 7.00. The van der Waals surface area contributed by atoms with Crippen molar-refractivity contribution in [3.05, 3.63) is 66.4 Å². The van der Waals surface area contributed by atoms with E-state index in [9.17, 15) is 4.79 Å². The molecule has 152 valence electrons. The van der Waals surface area contributed by atoms with E-state index in [-0.39, 0.29) is 24.4 Å². The molecule has 1 N–H and O–H groups in total. The molecule has 1 aliphatic rings. The lowest BCUT2D eigenvalue weighted by Gasteiger charge is -2.31. The van der Waals surface area contributed by atoms with Gasteiger partial charge in [0, 0.05) is 31.2 Å². The summed E-state index contributed by atoms with van der Waals surface area (Å²) in [5, 5.41) is 8.04. The largest absolute Gasteiger partial charge is 0.497 e. The first-order chi connectivity index (χ1) is 13.7. The van der Waals surface area contributed by atoms with Gasteiger partial charge in [-0.25, -0.2) is 4.68 Å². The Hall–Kier alpha value is -2.83. The van der Waals surface area contributed by atoms with Crippen LogP contribution in [0.15, 0.2) is 60.7 Å². The molecule has 7 heteroatoms. The van der Waals surface area contributed by atoms with Crippen molar-refractivity contribution in [3.8, 4) is 22.7 Å². The van der Waals surface area contributed by atoms with Crippen LogP contribution in [0.25, 0.3) is 16.9 Å². The molecule has 2 aromatic carbocycles. The van der Waals surface area contributed by atoms with Crippen LogP contribution in [0.4, 0.5) is 0 Å². The summed E-state index contributed by atoms with van der Waals surface area (Å²) >= 11 is 0. The second-order valence-corrected chi connectivity index (χ2v) is 7.00. The van der Waals surface area contributed by atoms with Crippen LogP contribution in [0.3, 0.4) is 0 Å². The number of para-hydroxylation sites is 1. The molecule has 1 unspecified atom stereocenters. The van der Waals surface area contributed by atoms with Crippen LogP contribution in [-0.4, -0.2) is 53.4 Å². The lowest BCUT2D eigenvalue weighted by Crippen LogP contribution is -2.51. The number of rotatable bonds is 4. The van der Waals surface area contributed by atoms with Crippen molar-refractivity contribution in [2.75, 3.05) is 26.7 Å². The number of piperazine rings is 1. The van der Waals surface area contributed by atoms with Crippen molar-refractivity contribution in [2.45, 2.75) is 13.0 Å². The summed E-state index contributed by atoms with van der Waals surface area (Å²) in [6.45, 7) is 4.27. The number of carbonyl (C=O) groups excluding carboxylic acids is 1. The molecule has 1 aliphatic heterocycles. The normalized spacial score (nSPS) is 16.2. The molecule has 2 heterocycles. The third-order valence-corrected chi connectivity index (χ3v) is 4.97. The minimum Gasteiger partial charge on any atom is -0.497 e. The van der Waals surface area contributed by atoms with E-state index >= 15 is 0 Å². The van der Waals surface area contributed by atoms with Gasteiger partial charge in [0.2, 0.25) is 0 Å². The zero-order valence-electron chi connectivity index (χ0n) is 16.5. The molecule has 1 amide bonds. The number of nitrogens with one attached hydrogen (secondary N) is 1. The number of hydrogen-bond donors (Lipinski definition) is 1. The quantitative estimate of drug-likeness (QED) is 0.713. The topological polar surface area (TPSA) is 59.4 Å². The fourth-order valence-electron chi connectivity index (χ4n) is 3.50. The Bertz CT molecular complexity index is 957. The van der Waals surface area contributed by atoms with Gasteiger partial charge in [0.1, 0.15) is 5.75 Å². The molecule has 1 saturated heterocycles. The van der Waals surface area contributed by atoms with Gasteiger partial charge in [-0.3, -0.25) is 4.79 Å². The first-order valence-electron chi connectivity index (χ1n) is 9.48. The standard InChI is InChI=1S/C22H24N4O2.ClH/c1-16-15-25(13-12-23-16)22(27)20-14-21(17-8-10-19(28-2)11-9-17)26(24-20)18-6-4-3-5-7-18;/h3-11,14,16,23H,12-13,15H2,1-2H3;1H. The first kappa shape index (κ1) is 20.9. The van der Waals surface area contributed by atoms with Gasteiger partial charge in [0.05, 0.1) is 18.5 Å². The number of halogens is 1. The highest BCUT2D eigenvalue weighted by molar-refractivity contribution is 5.93. The third kappa shape index (κ3) is 4.44. The summed E-state index contributed by atoms with van der Waals surface area (Å²) in [6.07, 6.45) is 0. The lowest BCUT2D eigenvalue weighted by molar-refractivity contribution is 0.0702. The van der Waals surface area contributed by atoms with Crippen LogP contribution in [0.1, 0.15) is 17.4 Å². The van der Waals surface area contributed by atoms with Crippen LogP contribution in [0.5, 0.6) is 5.75 Å². The number of amides is 1. The maximum atomic E-state index is 13.1. The number of nitrogens with zero attached hydrogens (tertiary/aromatic N) is 3. The van der Waals surface area contributed by atoms with Crippen molar-refractivity contribution in [3.63, 3.8) is 0 Å². The molecule has 0 bridgehead atoms. The van der Waals surface area contributed by atoms with Crippen molar-refractivity contribution >= 4 is 18.3 Å². The number of aromatic nitrogens is 2. The van der Waals surface area contributed by atoms with E-state index in [1.54, 1.807) is 7.11 Å². The van der Waals surface area contributed by atoms with E-state index in [1.807, 2.05) is 70.2 Å². The first-order valence-corrected chi connectivity index (χ1v) is 9.48. The molecule has 0 saturated carbocycles. The van der Waals surface area contributed by atoms with Crippen LogP contribution in [0, 0.1) is 0 Å². The SMILES string of the molecule is COc1ccc(-c2cc(C(=O)N3CCNC(C)C3)nn2-c2ccccc2)cc1.Cl. The Labute approximate surface area is 176 Å². The van der Waals surface area contributed by atoms with E-state index < -0.39 is 0 Å². The van der Waals surface area contributed by atoms with E-state index in [2.05, 4.69) is 17.3 Å². The Morgan fingerprint density at radius 2 is 1.86 bits per heavy atom. The molecule has 0 radical (unpaired) electrons. The average molecular weight is 413 g/mol. The number of benzene rings is 2. The highest BCUT2D eigenvalue weighted by atomic mass is 35.5. The van der Waals surface area contributed by atoms with Crippen LogP contribution < -0.4 is 10.1 Å². The maximum Gasteiger partial charge on any atom is 0.274 e. The third-order valence-electron chi connectivity index (χ3n) is 4.97. The van der Waals surface area contributed by atoms with Crippen molar-refractivity contribution in [1.82, 2.24) is 20.0 Å². The molecule has 6 nitrogen and oxygen atoms in total. The van der Waals surface area contributed by atoms with Gasteiger partial charge in [-0.1, -0.05) is 18.2 Å². The molecule has 0 aliphatic carbocycles. The van der Waals surface area contributed by atoms with Gasteiger partial charge >= 0.3 is 0 Å². The van der Waals surface area contributed by atoms with E-state index in [4.69, 9.17) is 4.74 Å². The molecule has 3 aromatic rings. The summed E-state index contributed by atoms with van der Waals surface area (Å²) in [6, 6.07) is 19.8. The number of carbonyl (C=O) groups is 1. The monoisotopic (exact) mass is 412 g/mol. The predicted octanol–water partition coefficient (Wildman–Crippen LogP) is 3.40. The predicted molar refractivity (Wildman–Crippen MR) is 116 cm³/mol. The highest BCUT2D eigenvalue weighted by Crippen LogP contribution is 2.26. The van der Waals surface area contributed by atoms with Crippen molar-refractivity contribution in [2.24, 2.45) is 0 Å². The van der Waals surface area contributed by atoms with E-state index in [1.165, 1.54) is 0 Å². The van der Waals surface area contributed by atoms with Gasteiger partial charge in [-0.15, -0.1) is 12.4 Å². The second kappa shape index (κ2) is 9.11. The smallest absolute Gasteiger partial charge is 0.274 e. The lowest BCUT2D eigenvalue weighted by atomic mass is 10.1. The summed E-state index contributed by atoms with van der Waals surface area (Å²) in [5.74, 6) is 0.762. The molecule has 4 rings (SSSR count). The average Bonchev–Trinajstić information content (AvgIpc) is 3.19. The molecule has 0 spiro atoms. The fourth-order valence-corrected chi connectivity index (χ4v) is 3.50. The van der Waals surface area contributed by atoms with Gasteiger partial charge < -0.3 is 15.0 Å². The Morgan fingerprint density at radius 3 is 2.52 bits per heavy atom. The van der Waals surface area contributed by atoms with Crippen molar-refractivity contribution < 1.29 is 9.53 Å². The zero-order chi connectivity index (χ0) is 19.5. The number of ether oxygens (including phenoxy) is 1. The van der Waals surface area contributed by atoms with Gasteiger partial charge in [-0.05, 0) is 49.4 Å². The van der Waals surface area contributed by atoms with Gasteiger partial charge in [-0.2, -0.15) is 5.10 Å². The van der Waals surface area contributed by atoms with Crippen molar-refractivity contribution in [1.29, 1.82) is 0 Å². The fraction of sp³-hybridized carbons (Fsp3) is 0.273. The molecule has 1 fully saturated rings. The Morgan fingerprint density at radius 1 is 1.14 bits per heavy atom. The minimum absolute atomic E-state index is 0. The molecule has 29 heavy (non-hydrogen) atoms. The van der Waals surface area contributed by atoms with Crippen LogP contribution >= 0.6 is 12.4 Å². The molecular formula is C22H25ClN4O2. The van der Waals surface area contributed by atoms with Gasteiger partial charge in [0.15, 0.2) is 5.69 Å². The summed E-state index contributed by atoms with van der Waals surface area (Å²) < 4.78 is 7.10. The number of methoxy groups -OCH3 is 1.